The van der Waals surface area contributed by atoms with E-state index in [2.05, 4.69) is 5.43 Å². The van der Waals surface area contributed by atoms with Crippen LogP contribution in [-0.2, 0) is 16.0 Å². The molecule has 2 rings (SSSR count). The fourth-order valence-electron chi connectivity index (χ4n) is 2.42. The number of nitrogens with one attached hydrogen (secondary N) is 1. The maximum absolute atomic E-state index is 12.0. The van der Waals surface area contributed by atoms with Crippen LogP contribution in [0, 0.1) is 0 Å². The van der Waals surface area contributed by atoms with Crippen LogP contribution in [0.15, 0.2) is 18.2 Å². The highest BCUT2D eigenvalue weighted by atomic mass is 16.2. The van der Waals surface area contributed by atoms with Gasteiger partial charge in [0.15, 0.2) is 0 Å². The van der Waals surface area contributed by atoms with Crippen LogP contribution in [0.5, 0.6) is 0 Å². The largest absolute Gasteiger partial charge is 0.305 e. The summed E-state index contributed by atoms with van der Waals surface area (Å²) in [6, 6.07) is 5.54. The molecule has 6 nitrogen and oxygen atoms in total. The van der Waals surface area contributed by atoms with Crippen LogP contribution in [-0.4, -0.2) is 24.1 Å². The molecule has 1 aliphatic rings. The van der Waals surface area contributed by atoms with Gasteiger partial charge in [0.25, 0.3) is 11.7 Å². The molecule has 1 heterocycles. The van der Waals surface area contributed by atoms with E-state index in [1.807, 2.05) is 19.1 Å². The molecule has 0 aromatic heterocycles. The third-order valence-electron chi connectivity index (χ3n) is 3.64. The van der Waals surface area contributed by atoms with Crippen molar-refractivity contribution in [3.63, 3.8) is 0 Å². The number of nitrogens with zero attached hydrogens (tertiary/aromatic N) is 1. The fraction of sp³-hybridized carbons (Fsp3) is 0.400. The minimum Gasteiger partial charge on any atom is -0.305 e. The molecule has 3 N–H and O–H groups in total. The van der Waals surface area contributed by atoms with Crippen LogP contribution < -0.4 is 16.2 Å². The SMILES string of the molecule is CCc1ccc2c(c1)C(=O)C(=O)N2CCCCC(=O)NN. The lowest BCUT2D eigenvalue weighted by atomic mass is 10.1. The maximum Gasteiger partial charge on any atom is 0.299 e. The van der Waals surface area contributed by atoms with E-state index in [0.29, 0.717) is 37.1 Å². The predicted octanol–water partition coefficient (Wildman–Crippen LogP) is 0.938. The molecule has 0 bridgehead atoms. The van der Waals surface area contributed by atoms with Gasteiger partial charge in [-0.1, -0.05) is 13.0 Å². The lowest BCUT2D eigenvalue weighted by Gasteiger charge is -2.16. The van der Waals surface area contributed by atoms with E-state index in [0.717, 1.165) is 12.0 Å². The van der Waals surface area contributed by atoms with Crippen molar-refractivity contribution in [2.45, 2.75) is 32.6 Å². The first-order valence-electron chi connectivity index (χ1n) is 7.07. The Morgan fingerprint density at radius 3 is 2.71 bits per heavy atom. The van der Waals surface area contributed by atoms with Crippen LogP contribution >= 0.6 is 0 Å². The molecule has 1 aromatic carbocycles. The molecule has 6 heteroatoms. The van der Waals surface area contributed by atoms with E-state index in [-0.39, 0.29) is 5.91 Å². The highest BCUT2D eigenvalue weighted by Gasteiger charge is 2.35. The van der Waals surface area contributed by atoms with E-state index >= 15 is 0 Å². The first-order chi connectivity index (χ1) is 10.1. The van der Waals surface area contributed by atoms with Gasteiger partial charge in [0.2, 0.25) is 5.91 Å². The standard InChI is InChI=1S/C15H19N3O3/c1-2-10-6-7-12-11(9-10)14(20)15(21)18(12)8-4-3-5-13(19)17-16/h6-7,9H,2-5,8,16H2,1H3,(H,17,19). The van der Waals surface area contributed by atoms with Crippen LogP contribution in [0.4, 0.5) is 5.69 Å². The predicted molar refractivity (Wildman–Crippen MR) is 78.7 cm³/mol. The second-order valence-electron chi connectivity index (χ2n) is 5.02. The average molecular weight is 289 g/mol. The van der Waals surface area contributed by atoms with Gasteiger partial charge >= 0.3 is 0 Å². The molecule has 0 spiro atoms. The number of hydrogen-bond acceptors (Lipinski definition) is 4. The van der Waals surface area contributed by atoms with E-state index in [4.69, 9.17) is 5.84 Å². The summed E-state index contributed by atoms with van der Waals surface area (Å²) in [6.07, 6.45) is 2.39. The quantitative estimate of drug-likeness (QED) is 0.268. The van der Waals surface area contributed by atoms with Crippen LogP contribution in [0.25, 0.3) is 0 Å². The second kappa shape index (κ2) is 6.49. The first-order valence-corrected chi connectivity index (χ1v) is 7.07. The van der Waals surface area contributed by atoms with Crippen LogP contribution in [0.3, 0.4) is 0 Å². The number of Topliss-reactive ketones (excluding diaryl/α,β-unsaturated/α-hetero) is 1. The number of hydrogen-bond donors (Lipinski definition) is 2. The molecule has 1 aromatic rings. The molecule has 2 amide bonds. The number of carbonyl (C=O) groups is 3. The van der Waals surface area contributed by atoms with E-state index in [9.17, 15) is 14.4 Å². The molecule has 0 unspecified atom stereocenters. The fourth-order valence-corrected chi connectivity index (χ4v) is 2.42. The Morgan fingerprint density at radius 1 is 1.29 bits per heavy atom. The Kier molecular flexibility index (Phi) is 4.70. The van der Waals surface area contributed by atoms with Crippen molar-refractivity contribution in [2.75, 3.05) is 11.4 Å². The molecule has 0 fully saturated rings. The number of rotatable bonds is 6. The van der Waals surface area contributed by atoms with Gasteiger partial charge in [0, 0.05) is 13.0 Å². The summed E-state index contributed by atoms with van der Waals surface area (Å²) < 4.78 is 0. The summed E-state index contributed by atoms with van der Waals surface area (Å²) in [7, 11) is 0. The van der Waals surface area contributed by atoms with Gasteiger partial charge < -0.3 is 4.90 Å². The Bertz CT molecular complexity index is 584. The Labute approximate surface area is 123 Å². The number of fused-ring (bicyclic) bond motifs is 1. The topological polar surface area (TPSA) is 92.5 Å². The van der Waals surface area contributed by atoms with Gasteiger partial charge in [-0.2, -0.15) is 0 Å². The van der Waals surface area contributed by atoms with Crippen molar-refractivity contribution in [1.82, 2.24) is 5.43 Å². The number of carbonyl (C=O) groups excluding carboxylic acids is 3. The zero-order chi connectivity index (χ0) is 15.4. The zero-order valence-corrected chi connectivity index (χ0v) is 12.0. The third-order valence-corrected chi connectivity index (χ3v) is 3.64. The van der Waals surface area contributed by atoms with Crippen LogP contribution in [0.2, 0.25) is 0 Å². The second-order valence-corrected chi connectivity index (χ2v) is 5.02. The van der Waals surface area contributed by atoms with Crippen LogP contribution in [0.1, 0.15) is 42.1 Å². The average Bonchev–Trinajstić information content (AvgIpc) is 2.75. The highest BCUT2D eigenvalue weighted by molar-refractivity contribution is 6.52. The van der Waals surface area contributed by atoms with Crippen molar-refractivity contribution in [1.29, 1.82) is 0 Å². The van der Waals surface area contributed by atoms with Crippen molar-refractivity contribution in [3.8, 4) is 0 Å². The number of anilines is 1. The minimum absolute atomic E-state index is 0.230. The van der Waals surface area contributed by atoms with Gasteiger partial charge in [0.1, 0.15) is 0 Å². The number of nitrogens with two attached hydrogens (primary N) is 1. The van der Waals surface area contributed by atoms with Gasteiger partial charge in [-0.25, -0.2) is 5.84 Å². The summed E-state index contributed by atoms with van der Waals surface area (Å²) in [6.45, 7) is 2.43. The molecule has 0 saturated heterocycles. The Morgan fingerprint density at radius 2 is 2.05 bits per heavy atom. The summed E-state index contributed by atoms with van der Waals surface area (Å²) >= 11 is 0. The zero-order valence-electron chi connectivity index (χ0n) is 12.0. The Hall–Kier alpha value is -2.21. The highest BCUT2D eigenvalue weighted by Crippen LogP contribution is 2.30. The summed E-state index contributed by atoms with van der Waals surface area (Å²) in [5, 5.41) is 0. The molecule has 0 saturated carbocycles. The smallest absolute Gasteiger partial charge is 0.299 e. The Balaban J connectivity index is 2.04. The van der Waals surface area contributed by atoms with Crippen molar-refractivity contribution >= 4 is 23.3 Å². The molecule has 0 aliphatic carbocycles. The monoisotopic (exact) mass is 289 g/mol. The molecule has 0 radical (unpaired) electrons. The summed E-state index contributed by atoms with van der Waals surface area (Å²) in [5.41, 5.74) is 4.26. The van der Waals surface area contributed by atoms with Gasteiger partial charge in [-0.15, -0.1) is 0 Å². The minimum atomic E-state index is -0.485. The molecule has 0 atom stereocenters. The summed E-state index contributed by atoms with van der Waals surface area (Å²) in [4.78, 5) is 36.5. The first kappa shape index (κ1) is 15.2. The third kappa shape index (κ3) is 3.11. The lowest BCUT2D eigenvalue weighted by molar-refractivity contribution is -0.121. The van der Waals surface area contributed by atoms with Gasteiger partial charge in [0.05, 0.1) is 11.3 Å². The normalized spacial score (nSPS) is 13.5. The number of unbranched alkanes of at least 4 members (excludes halogenated alkanes) is 1. The van der Waals surface area contributed by atoms with Crippen molar-refractivity contribution < 1.29 is 14.4 Å². The number of aryl methyl sites for hydroxylation is 1. The lowest BCUT2D eigenvalue weighted by Crippen LogP contribution is -2.31. The summed E-state index contributed by atoms with van der Waals surface area (Å²) in [5.74, 6) is 3.84. The number of hydrazine groups is 1. The number of amides is 2. The van der Waals surface area contributed by atoms with E-state index < -0.39 is 11.7 Å². The number of ketones is 1. The molecular formula is C15H19N3O3. The van der Waals surface area contributed by atoms with Crippen molar-refractivity contribution in [3.05, 3.63) is 29.3 Å². The van der Waals surface area contributed by atoms with Gasteiger partial charge in [-0.05, 0) is 37.0 Å². The van der Waals surface area contributed by atoms with Crippen molar-refractivity contribution in [2.24, 2.45) is 5.84 Å². The molecule has 1 aliphatic heterocycles. The molecule has 112 valence electrons. The molecular weight excluding hydrogens is 270 g/mol. The van der Waals surface area contributed by atoms with E-state index in [1.54, 1.807) is 6.07 Å². The maximum atomic E-state index is 12.0. The number of benzene rings is 1. The van der Waals surface area contributed by atoms with E-state index in [1.165, 1.54) is 4.90 Å². The molecule has 21 heavy (non-hydrogen) atoms. The van der Waals surface area contributed by atoms with Gasteiger partial charge in [-0.3, -0.25) is 19.8 Å².